The van der Waals surface area contributed by atoms with E-state index in [1.807, 2.05) is 0 Å². The molecular weight excluding hydrogens is 317 g/mol. The van der Waals surface area contributed by atoms with Crippen LogP contribution >= 0.6 is 89.8 Å². The average molecular weight is 329 g/mol. The molecule has 0 aromatic rings. The summed E-state index contributed by atoms with van der Waals surface area (Å²) in [5.74, 6) is 4.07. The van der Waals surface area contributed by atoms with Crippen molar-refractivity contribution in [2.45, 2.75) is 0 Å². The third kappa shape index (κ3) is 6.86. The molecule has 0 spiro atoms. The van der Waals surface area contributed by atoms with Crippen molar-refractivity contribution in [3.05, 3.63) is 0 Å². The molecule has 0 N–H and O–H groups in total. The van der Waals surface area contributed by atoms with Gasteiger partial charge in [-0.1, -0.05) is 43.2 Å². The Morgan fingerprint density at radius 1 is 0.615 bits per heavy atom. The Labute approximate surface area is 117 Å². The average Bonchev–Trinajstić information content (AvgIpc) is 2.06. The van der Waals surface area contributed by atoms with Gasteiger partial charge in [-0.25, -0.2) is 0 Å². The Kier molecular flexibility index (Phi) is 12.1. The van der Waals surface area contributed by atoms with Crippen LogP contribution in [0.2, 0.25) is 0 Å². The van der Waals surface area contributed by atoms with Gasteiger partial charge in [0.1, 0.15) is 0 Å². The molecule has 0 aliphatic heterocycles. The first-order chi connectivity index (χ1) is 6.24. The van der Waals surface area contributed by atoms with Crippen molar-refractivity contribution in [2.75, 3.05) is 23.0 Å². The molecule has 0 heterocycles. The van der Waals surface area contributed by atoms with E-state index in [-0.39, 0.29) is 5.41 Å². The van der Waals surface area contributed by atoms with E-state index in [2.05, 4.69) is 46.6 Å². The highest BCUT2D eigenvalue weighted by atomic mass is 33.1. The molecule has 80 valence electrons. The van der Waals surface area contributed by atoms with Crippen LogP contribution in [0.5, 0.6) is 0 Å². The molecule has 0 atom stereocenters. The lowest BCUT2D eigenvalue weighted by Crippen LogP contribution is -2.31. The van der Waals surface area contributed by atoms with Crippen molar-refractivity contribution in [1.82, 2.24) is 0 Å². The van der Waals surface area contributed by atoms with Crippen molar-refractivity contribution in [3.8, 4) is 0 Å². The first-order valence-electron chi connectivity index (χ1n) is 3.30. The van der Waals surface area contributed by atoms with Crippen LogP contribution in [0.15, 0.2) is 0 Å². The maximum absolute atomic E-state index is 4.21. The molecule has 0 aliphatic rings. The van der Waals surface area contributed by atoms with E-state index in [9.17, 15) is 0 Å². The molecule has 0 unspecified atom stereocenters. The Morgan fingerprint density at radius 2 is 0.846 bits per heavy atom. The van der Waals surface area contributed by atoms with Crippen molar-refractivity contribution in [1.29, 1.82) is 0 Å². The maximum Gasteiger partial charge on any atom is 0.0116 e. The first-order valence-corrected chi connectivity index (χ1v) is 11.5. The summed E-state index contributed by atoms with van der Waals surface area (Å²) in [6.07, 6.45) is 0. The lowest BCUT2D eigenvalue weighted by molar-refractivity contribution is 0.520. The van der Waals surface area contributed by atoms with Gasteiger partial charge in [-0.2, -0.15) is 0 Å². The van der Waals surface area contributed by atoms with Crippen LogP contribution in [-0.2, 0) is 0 Å². The third-order valence-corrected chi connectivity index (χ3v) is 6.00. The van der Waals surface area contributed by atoms with Gasteiger partial charge in [0, 0.05) is 28.4 Å². The smallest absolute Gasteiger partial charge is 0.0116 e. The molecule has 0 saturated carbocycles. The summed E-state index contributed by atoms with van der Waals surface area (Å²) in [5, 5.41) is 0. The summed E-state index contributed by atoms with van der Waals surface area (Å²) in [7, 11) is 6.32. The fraction of sp³-hybridized carbons (Fsp3) is 1.00. The van der Waals surface area contributed by atoms with Crippen LogP contribution < -0.4 is 0 Å². The zero-order valence-corrected chi connectivity index (χ0v) is 13.6. The van der Waals surface area contributed by atoms with Gasteiger partial charge < -0.3 is 0 Å². The van der Waals surface area contributed by atoms with Crippen LogP contribution in [0.4, 0.5) is 0 Å². The molecule has 0 aromatic carbocycles. The molecule has 0 aliphatic carbocycles. The zero-order chi connectivity index (χ0) is 10.2. The van der Waals surface area contributed by atoms with E-state index in [4.69, 9.17) is 0 Å². The largest absolute Gasteiger partial charge is 0.111 e. The maximum atomic E-state index is 4.21. The van der Waals surface area contributed by atoms with Crippen molar-refractivity contribution >= 4 is 89.8 Å². The van der Waals surface area contributed by atoms with Crippen LogP contribution in [0.3, 0.4) is 0 Å². The number of rotatable bonds is 8. The Hall–Kier alpha value is 2.80. The summed E-state index contributed by atoms with van der Waals surface area (Å²) in [4.78, 5) is 0. The molecule has 0 radical (unpaired) electrons. The van der Waals surface area contributed by atoms with E-state index in [0.717, 1.165) is 23.0 Å². The summed E-state index contributed by atoms with van der Waals surface area (Å²) in [6.45, 7) is 0. The van der Waals surface area contributed by atoms with Gasteiger partial charge in [0.15, 0.2) is 0 Å². The molecule has 0 rings (SSSR count). The fourth-order valence-electron chi connectivity index (χ4n) is 0.798. The van der Waals surface area contributed by atoms with Crippen molar-refractivity contribution in [2.24, 2.45) is 5.41 Å². The highest BCUT2D eigenvalue weighted by Gasteiger charge is 2.29. The van der Waals surface area contributed by atoms with Gasteiger partial charge in [0.2, 0.25) is 0 Å². The summed E-state index contributed by atoms with van der Waals surface area (Å²) >= 11 is 16.8. The molecule has 0 fully saturated rings. The van der Waals surface area contributed by atoms with Gasteiger partial charge in [-0.05, 0) is 0 Å². The minimum Gasteiger partial charge on any atom is -0.111 e. The van der Waals surface area contributed by atoms with Gasteiger partial charge >= 0.3 is 0 Å². The summed E-state index contributed by atoms with van der Waals surface area (Å²) < 4.78 is 0. The molecule has 0 saturated heterocycles. The van der Waals surface area contributed by atoms with E-state index in [1.54, 1.807) is 43.2 Å². The van der Waals surface area contributed by atoms with E-state index < -0.39 is 0 Å². The second-order valence-corrected chi connectivity index (χ2v) is 7.88. The minimum atomic E-state index is 0.248. The highest BCUT2D eigenvalue weighted by molar-refractivity contribution is 8.70. The van der Waals surface area contributed by atoms with Crippen LogP contribution in [-0.4, -0.2) is 23.0 Å². The Morgan fingerprint density at radius 3 is 1.00 bits per heavy atom. The van der Waals surface area contributed by atoms with Gasteiger partial charge in [-0.15, -0.1) is 46.6 Å². The van der Waals surface area contributed by atoms with E-state index in [0.29, 0.717) is 0 Å². The molecule has 0 nitrogen and oxygen atoms in total. The van der Waals surface area contributed by atoms with Crippen LogP contribution in [0, 0.1) is 5.41 Å². The predicted octanol–water partition coefficient (Wildman–Crippen LogP) is 4.28. The molecule has 0 bridgehead atoms. The van der Waals surface area contributed by atoms with Crippen LogP contribution in [0.1, 0.15) is 0 Å². The monoisotopic (exact) mass is 328 g/mol. The number of hydrogen-bond donors (Lipinski definition) is 4. The quantitative estimate of drug-likeness (QED) is 0.387. The highest BCUT2D eigenvalue weighted by Crippen LogP contribution is 2.37. The molecule has 0 aromatic heterocycles. The van der Waals surface area contributed by atoms with E-state index >= 15 is 0 Å². The first kappa shape index (κ1) is 15.8. The second kappa shape index (κ2) is 9.99. The van der Waals surface area contributed by atoms with E-state index in [1.165, 1.54) is 0 Å². The normalized spacial score (nSPS) is 12.0. The SMILES string of the molecule is SSCC(CSS)(CSS)CSS. The van der Waals surface area contributed by atoms with Crippen molar-refractivity contribution < 1.29 is 0 Å². The Balaban J connectivity index is 4.19. The topological polar surface area (TPSA) is 0 Å². The standard InChI is InChI=1S/C5H12S8/c6-10-1-5(2-11-7,3-12-8)4-13-9/h6-9H,1-4H2. The lowest BCUT2D eigenvalue weighted by Gasteiger charge is -2.30. The fourth-order valence-corrected chi connectivity index (χ4v) is 7.18. The lowest BCUT2D eigenvalue weighted by atomic mass is 9.99. The van der Waals surface area contributed by atoms with Crippen molar-refractivity contribution in [3.63, 3.8) is 0 Å². The van der Waals surface area contributed by atoms with Gasteiger partial charge in [-0.3, -0.25) is 0 Å². The minimum absolute atomic E-state index is 0.248. The zero-order valence-electron chi connectivity index (χ0n) is 6.75. The Bertz CT molecular complexity index is 87.6. The van der Waals surface area contributed by atoms with Gasteiger partial charge in [0.05, 0.1) is 0 Å². The predicted molar refractivity (Wildman–Crippen MR) is 88.2 cm³/mol. The summed E-state index contributed by atoms with van der Waals surface area (Å²) in [5.41, 5.74) is 0.248. The number of hydrogen-bond acceptors (Lipinski definition) is 8. The summed E-state index contributed by atoms with van der Waals surface area (Å²) in [6, 6.07) is 0. The number of thiol groups is 4. The van der Waals surface area contributed by atoms with Gasteiger partial charge in [0.25, 0.3) is 0 Å². The third-order valence-electron chi connectivity index (χ3n) is 1.48. The molecule has 13 heavy (non-hydrogen) atoms. The van der Waals surface area contributed by atoms with Crippen LogP contribution in [0.25, 0.3) is 0 Å². The molecular formula is C5H12S8. The molecule has 0 amide bonds. The molecule has 8 heteroatoms. The second-order valence-electron chi connectivity index (χ2n) is 2.59.